The first-order valence-electron chi connectivity index (χ1n) is 8.07. The minimum atomic E-state index is -2.98. The van der Waals surface area contributed by atoms with Gasteiger partial charge in [-0.3, -0.25) is 4.79 Å². The first-order valence-corrected chi connectivity index (χ1v) is 8.07. The van der Waals surface area contributed by atoms with Crippen LogP contribution in [0.15, 0.2) is 60.8 Å². The number of methoxy groups -OCH3 is 1. The van der Waals surface area contributed by atoms with Crippen molar-refractivity contribution in [3.05, 3.63) is 71.9 Å². The summed E-state index contributed by atoms with van der Waals surface area (Å²) >= 11 is 0. The molecule has 0 saturated heterocycles. The van der Waals surface area contributed by atoms with Gasteiger partial charge in [0.15, 0.2) is 11.5 Å². The number of amides is 1. The van der Waals surface area contributed by atoms with Crippen LogP contribution in [0, 0.1) is 0 Å². The van der Waals surface area contributed by atoms with Crippen molar-refractivity contribution in [3.63, 3.8) is 0 Å². The molecule has 8 heteroatoms. The maximum Gasteiger partial charge on any atom is 0.387 e. The van der Waals surface area contributed by atoms with Gasteiger partial charge in [0.1, 0.15) is 5.82 Å². The molecule has 27 heavy (non-hydrogen) atoms. The summed E-state index contributed by atoms with van der Waals surface area (Å²) in [6.07, 6.45) is 1.58. The first-order chi connectivity index (χ1) is 13.1. The molecule has 3 rings (SSSR count). The Kier molecular flexibility index (Phi) is 5.65. The number of anilines is 1. The maximum absolute atomic E-state index is 12.5. The summed E-state index contributed by atoms with van der Waals surface area (Å²) in [6, 6.07) is 15.3. The minimum Gasteiger partial charge on any atom is -0.493 e. The molecular weight excluding hydrogens is 356 g/mol. The van der Waals surface area contributed by atoms with Gasteiger partial charge in [0, 0.05) is 11.6 Å². The number of alkyl halides is 2. The van der Waals surface area contributed by atoms with E-state index in [-0.39, 0.29) is 17.1 Å². The van der Waals surface area contributed by atoms with Crippen molar-refractivity contribution in [3.8, 4) is 11.5 Å². The number of aromatic nitrogens is 2. The Hall–Kier alpha value is -3.42. The highest BCUT2D eigenvalue weighted by molar-refractivity contribution is 6.04. The van der Waals surface area contributed by atoms with Crippen molar-refractivity contribution in [1.29, 1.82) is 0 Å². The van der Waals surface area contributed by atoms with Gasteiger partial charge >= 0.3 is 6.61 Å². The smallest absolute Gasteiger partial charge is 0.387 e. The third kappa shape index (κ3) is 4.60. The Balaban J connectivity index is 1.75. The Morgan fingerprint density at radius 1 is 1.15 bits per heavy atom. The topological polar surface area (TPSA) is 65.4 Å². The van der Waals surface area contributed by atoms with E-state index in [1.807, 2.05) is 30.3 Å². The van der Waals surface area contributed by atoms with Crippen LogP contribution in [0.2, 0.25) is 0 Å². The van der Waals surface area contributed by atoms with E-state index >= 15 is 0 Å². The molecule has 0 radical (unpaired) electrons. The van der Waals surface area contributed by atoms with Crippen LogP contribution in [0.1, 0.15) is 15.9 Å². The molecule has 2 aromatic carbocycles. The average molecular weight is 373 g/mol. The van der Waals surface area contributed by atoms with E-state index in [0.717, 1.165) is 5.56 Å². The summed E-state index contributed by atoms with van der Waals surface area (Å²) in [7, 11) is 1.31. The summed E-state index contributed by atoms with van der Waals surface area (Å²) in [5.41, 5.74) is 1.27. The summed E-state index contributed by atoms with van der Waals surface area (Å²) in [5.74, 6) is -0.0126. The zero-order chi connectivity index (χ0) is 19.2. The quantitative estimate of drug-likeness (QED) is 0.684. The van der Waals surface area contributed by atoms with Crippen LogP contribution in [0.25, 0.3) is 0 Å². The predicted octanol–water partition coefficient (Wildman–Crippen LogP) is 3.79. The molecule has 1 amide bonds. The van der Waals surface area contributed by atoms with E-state index in [0.29, 0.717) is 12.4 Å². The van der Waals surface area contributed by atoms with Crippen LogP contribution < -0.4 is 14.8 Å². The third-order valence-electron chi connectivity index (χ3n) is 3.78. The van der Waals surface area contributed by atoms with E-state index in [4.69, 9.17) is 4.74 Å². The molecule has 140 valence electrons. The summed E-state index contributed by atoms with van der Waals surface area (Å²) in [6.45, 7) is -2.49. The molecule has 1 heterocycles. The minimum absolute atomic E-state index is 0.0424. The number of rotatable bonds is 7. The maximum atomic E-state index is 12.5. The molecule has 0 unspecified atom stereocenters. The van der Waals surface area contributed by atoms with E-state index < -0.39 is 12.5 Å². The van der Waals surface area contributed by atoms with Crippen LogP contribution in [-0.4, -0.2) is 29.4 Å². The van der Waals surface area contributed by atoms with Gasteiger partial charge in [-0.05, 0) is 23.8 Å². The molecule has 0 bridgehead atoms. The molecule has 0 aliphatic rings. The molecule has 1 N–H and O–H groups in total. The highest BCUT2D eigenvalue weighted by atomic mass is 19.3. The number of nitrogens with one attached hydrogen (secondary N) is 1. The Morgan fingerprint density at radius 2 is 1.93 bits per heavy atom. The van der Waals surface area contributed by atoms with Gasteiger partial charge in [0.05, 0.1) is 19.9 Å². The fourth-order valence-electron chi connectivity index (χ4n) is 2.51. The van der Waals surface area contributed by atoms with Gasteiger partial charge < -0.3 is 14.8 Å². The highest BCUT2D eigenvalue weighted by Crippen LogP contribution is 2.29. The van der Waals surface area contributed by atoms with Gasteiger partial charge in [-0.15, -0.1) is 0 Å². The summed E-state index contributed by atoms with van der Waals surface area (Å²) < 4.78 is 35.8. The number of hydrogen-bond acceptors (Lipinski definition) is 4. The van der Waals surface area contributed by atoms with Gasteiger partial charge in [0.25, 0.3) is 5.91 Å². The first kappa shape index (κ1) is 18.4. The van der Waals surface area contributed by atoms with Crippen molar-refractivity contribution >= 4 is 11.7 Å². The van der Waals surface area contributed by atoms with Crippen molar-refractivity contribution in [2.75, 3.05) is 12.4 Å². The molecule has 1 aromatic heterocycles. The number of nitrogens with zero attached hydrogens (tertiary/aromatic N) is 2. The second kappa shape index (κ2) is 8.31. The zero-order valence-corrected chi connectivity index (χ0v) is 14.4. The molecule has 0 saturated carbocycles. The number of carbonyl (C=O) groups excluding carboxylic acids is 1. The number of ether oxygens (including phenoxy) is 2. The lowest BCUT2D eigenvalue weighted by Gasteiger charge is -2.12. The average Bonchev–Trinajstić information content (AvgIpc) is 3.09. The highest BCUT2D eigenvalue weighted by Gasteiger charge is 2.15. The lowest BCUT2D eigenvalue weighted by atomic mass is 10.2. The van der Waals surface area contributed by atoms with Gasteiger partial charge in [-0.25, -0.2) is 4.68 Å². The molecule has 0 aliphatic carbocycles. The lowest BCUT2D eigenvalue weighted by Crippen LogP contribution is -2.16. The number of benzene rings is 2. The van der Waals surface area contributed by atoms with Crippen molar-refractivity contribution in [2.45, 2.75) is 13.2 Å². The molecular formula is C19H17F2N3O3. The zero-order valence-electron chi connectivity index (χ0n) is 14.4. The molecule has 0 aliphatic heterocycles. The predicted molar refractivity (Wildman–Crippen MR) is 95.4 cm³/mol. The Labute approximate surface area is 154 Å². The molecule has 0 spiro atoms. The number of halogens is 2. The fourth-order valence-corrected chi connectivity index (χ4v) is 2.51. The largest absolute Gasteiger partial charge is 0.493 e. The van der Waals surface area contributed by atoms with Crippen LogP contribution in [0.4, 0.5) is 14.6 Å². The van der Waals surface area contributed by atoms with E-state index in [9.17, 15) is 13.6 Å². The van der Waals surface area contributed by atoms with E-state index in [1.54, 1.807) is 16.9 Å². The Bertz CT molecular complexity index is 914. The van der Waals surface area contributed by atoms with Crippen LogP contribution >= 0.6 is 0 Å². The molecule has 6 nitrogen and oxygen atoms in total. The van der Waals surface area contributed by atoms with Crippen LogP contribution in [0.5, 0.6) is 11.5 Å². The Morgan fingerprint density at radius 3 is 2.63 bits per heavy atom. The second-order valence-corrected chi connectivity index (χ2v) is 5.56. The second-order valence-electron chi connectivity index (χ2n) is 5.56. The lowest BCUT2D eigenvalue weighted by molar-refractivity contribution is -0.0512. The SMILES string of the molecule is COc1cc(C(=O)Nc2ccnn2Cc2ccccc2)ccc1OC(F)F. The molecule has 0 atom stereocenters. The summed E-state index contributed by atoms with van der Waals surface area (Å²) in [4.78, 5) is 12.5. The normalized spacial score (nSPS) is 10.7. The van der Waals surface area contributed by atoms with Gasteiger partial charge in [0.2, 0.25) is 0 Å². The number of carbonyl (C=O) groups is 1. The van der Waals surface area contributed by atoms with Gasteiger partial charge in [-0.1, -0.05) is 30.3 Å². The van der Waals surface area contributed by atoms with Crippen molar-refractivity contribution in [1.82, 2.24) is 9.78 Å². The van der Waals surface area contributed by atoms with Crippen molar-refractivity contribution in [2.24, 2.45) is 0 Å². The standard InChI is InChI=1S/C19H17F2N3O3/c1-26-16-11-14(7-8-15(16)27-19(20)21)18(25)23-17-9-10-22-24(17)12-13-5-3-2-4-6-13/h2-11,19H,12H2,1H3,(H,23,25). The van der Waals surface area contributed by atoms with Crippen molar-refractivity contribution < 1.29 is 23.0 Å². The molecule has 0 fully saturated rings. The molecule has 3 aromatic rings. The van der Waals surface area contributed by atoms with Gasteiger partial charge in [-0.2, -0.15) is 13.9 Å². The summed E-state index contributed by atoms with van der Waals surface area (Å²) in [5, 5.41) is 6.97. The fraction of sp³-hybridized carbons (Fsp3) is 0.158. The van der Waals surface area contributed by atoms with E-state index in [2.05, 4.69) is 15.2 Å². The monoisotopic (exact) mass is 373 g/mol. The van der Waals surface area contributed by atoms with E-state index in [1.165, 1.54) is 25.3 Å². The van der Waals surface area contributed by atoms with Crippen LogP contribution in [-0.2, 0) is 6.54 Å². The number of hydrogen-bond donors (Lipinski definition) is 1. The third-order valence-corrected chi connectivity index (χ3v) is 3.78. The van der Waals surface area contributed by atoms with Crippen LogP contribution in [0.3, 0.4) is 0 Å².